The molecule has 3 aromatic rings. The molecule has 0 bridgehead atoms. The lowest BCUT2D eigenvalue weighted by molar-refractivity contribution is 0.0908. The highest BCUT2D eigenvalue weighted by Crippen LogP contribution is 2.23. The van der Waals surface area contributed by atoms with Gasteiger partial charge in [0.15, 0.2) is 5.78 Å². The minimum absolute atomic E-state index is 0.0520. The van der Waals surface area contributed by atoms with Crippen molar-refractivity contribution in [2.75, 3.05) is 19.7 Å². The van der Waals surface area contributed by atoms with Crippen molar-refractivity contribution in [2.45, 2.75) is 13.5 Å². The highest BCUT2D eigenvalue weighted by Gasteiger charge is 2.19. The molecule has 0 unspecified atom stereocenters. The van der Waals surface area contributed by atoms with Crippen molar-refractivity contribution in [3.63, 3.8) is 0 Å². The number of halogens is 2. The molecular formula is C20H20BrFN2O2. The lowest BCUT2D eigenvalue weighted by Crippen LogP contribution is -2.32. The Morgan fingerprint density at radius 3 is 2.81 bits per heavy atom. The Kier molecular flexibility index (Phi) is 5.86. The van der Waals surface area contributed by atoms with Gasteiger partial charge in [0.05, 0.1) is 13.2 Å². The molecule has 26 heavy (non-hydrogen) atoms. The van der Waals surface area contributed by atoms with E-state index >= 15 is 0 Å². The van der Waals surface area contributed by atoms with E-state index in [0.717, 1.165) is 21.1 Å². The van der Waals surface area contributed by atoms with E-state index in [1.165, 1.54) is 6.07 Å². The van der Waals surface area contributed by atoms with Gasteiger partial charge in [-0.25, -0.2) is 4.39 Å². The van der Waals surface area contributed by atoms with E-state index in [4.69, 9.17) is 0 Å². The highest BCUT2D eigenvalue weighted by molar-refractivity contribution is 9.10. The lowest BCUT2D eigenvalue weighted by Gasteiger charge is -2.21. The number of rotatable bonds is 7. The number of fused-ring (bicyclic) bond motifs is 1. The van der Waals surface area contributed by atoms with Gasteiger partial charge >= 0.3 is 0 Å². The first kappa shape index (κ1) is 18.8. The van der Waals surface area contributed by atoms with Crippen molar-refractivity contribution >= 4 is 32.6 Å². The van der Waals surface area contributed by atoms with E-state index in [0.29, 0.717) is 17.7 Å². The number of Topliss-reactive ketones (excluding diaryl/α,β-unsaturated/α-hetero) is 1. The molecule has 0 aliphatic carbocycles. The molecule has 136 valence electrons. The maximum Gasteiger partial charge on any atom is 0.179 e. The Balaban J connectivity index is 1.84. The number of carbonyl (C=O) groups is 1. The Morgan fingerprint density at radius 1 is 1.27 bits per heavy atom. The predicted molar refractivity (Wildman–Crippen MR) is 104 cm³/mol. The number of para-hydroxylation sites is 1. The number of nitrogens with one attached hydrogen (secondary N) is 1. The van der Waals surface area contributed by atoms with Gasteiger partial charge in [-0.15, -0.1) is 0 Å². The highest BCUT2D eigenvalue weighted by atomic mass is 79.9. The zero-order valence-corrected chi connectivity index (χ0v) is 16.0. The van der Waals surface area contributed by atoms with Crippen LogP contribution in [0.3, 0.4) is 0 Å². The van der Waals surface area contributed by atoms with E-state index in [1.807, 2.05) is 31.2 Å². The number of aliphatic hydroxyl groups excluding tert-OH is 1. The second kappa shape index (κ2) is 8.12. The number of carbonyl (C=O) groups excluding carboxylic acids is 1. The molecule has 4 nitrogen and oxygen atoms in total. The van der Waals surface area contributed by atoms with Gasteiger partial charge in [0, 0.05) is 45.3 Å². The molecule has 0 fully saturated rings. The Morgan fingerprint density at radius 2 is 2.04 bits per heavy atom. The number of H-pyrrole nitrogens is 1. The van der Waals surface area contributed by atoms with Gasteiger partial charge in [-0.05, 0) is 31.2 Å². The minimum atomic E-state index is -0.327. The molecule has 0 aliphatic rings. The number of hydrogen-bond acceptors (Lipinski definition) is 3. The third-order valence-corrected chi connectivity index (χ3v) is 4.85. The van der Waals surface area contributed by atoms with Crippen molar-refractivity contribution in [3.05, 3.63) is 69.6 Å². The van der Waals surface area contributed by atoms with Crippen LogP contribution in [0.1, 0.15) is 21.6 Å². The summed E-state index contributed by atoms with van der Waals surface area (Å²) in [5.41, 5.74) is 2.86. The smallest absolute Gasteiger partial charge is 0.179 e. The maximum absolute atomic E-state index is 14.1. The number of aromatic nitrogens is 1. The first-order valence-corrected chi connectivity index (χ1v) is 9.16. The van der Waals surface area contributed by atoms with Crippen molar-refractivity contribution in [2.24, 2.45) is 0 Å². The van der Waals surface area contributed by atoms with E-state index in [-0.39, 0.29) is 31.3 Å². The minimum Gasteiger partial charge on any atom is -0.395 e. The molecule has 1 aromatic heterocycles. The first-order valence-electron chi connectivity index (χ1n) is 8.37. The SMILES string of the molecule is Cc1[nH]c2ccccc2c1C(=O)CN(CCO)Cc1cc(Br)ccc1F. The largest absolute Gasteiger partial charge is 0.395 e. The van der Waals surface area contributed by atoms with Crippen molar-refractivity contribution in [1.29, 1.82) is 0 Å². The van der Waals surface area contributed by atoms with Crippen LogP contribution in [-0.4, -0.2) is 40.5 Å². The summed E-state index contributed by atoms with van der Waals surface area (Å²) in [6.45, 7) is 2.42. The molecule has 0 spiro atoms. The van der Waals surface area contributed by atoms with Crippen LogP contribution in [0, 0.1) is 12.7 Å². The van der Waals surface area contributed by atoms with Gasteiger partial charge in [0.25, 0.3) is 0 Å². The number of ketones is 1. The van der Waals surface area contributed by atoms with Crippen molar-refractivity contribution < 1.29 is 14.3 Å². The van der Waals surface area contributed by atoms with Crippen LogP contribution < -0.4 is 0 Å². The molecule has 0 saturated carbocycles. The number of hydrogen-bond donors (Lipinski definition) is 2. The Labute approximate surface area is 159 Å². The molecule has 6 heteroatoms. The lowest BCUT2D eigenvalue weighted by atomic mass is 10.1. The summed E-state index contributed by atoms with van der Waals surface area (Å²) < 4.78 is 14.8. The normalized spacial score (nSPS) is 11.4. The quantitative estimate of drug-likeness (QED) is 0.568. The summed E-state index contributed by atoms with van der Waals surface area (Å²) in [5.74, 6) is -0.379. The fraction of sp³-hybridized carbons (Fsp3) is 0.250. The van der Waals surface area contributed by atoms with Gasteiger partial charge in [-0.3, -0.25) is 9.69 Å². The zero-order chi connectivity index (χ0) is 18.7. The molecule has 0 saturated heterocycles. The molecule has 1 heterocycles. The summed E-state index contributed by atoms with van der Waals surface area (Å²) in [4.78, 5) is 17.9. The molecule has 2 N–H and O–H groups in total. The summed E-state index contributed by atoms with van der Waals surface area (Å²) in [6, 6.07) is 12.4. The zero-order valence-electron chi connectivity index (χ0n) is 14.4. The van der Waals surface area contributed by atoms with Gasteiger partial charge in [-0.2, -0.15) is 0 Å². The molecule has 2 aromatic carbocycles. The number of aromatic amines is 1. The van der Waals surface area contributed by atoms with Crippen LogP contribution in [0.15, 0.2) is 46.9 Å². The number of benzene rings is 2. The number of aryl methyl sites for hydroxylation is 1. The standard InChI is InChI=1S/C20H20BrFN2O2/c1-13-20(16-4-2-3-5-18(16)23-13)19(26)12-24(8-9-25)11-14-10-15(21)6-7-17(14)22/h2-7,10,23,25H,8-9,11-12H2,1H3. The molecule has 0 aliphatic heterocycles. The average Bonchev–Trinajstić information content (AvgIpc) is 2.94. The second-order valence-electron chi connectivity index (χ2n) is 6.26. The van der Waals surface area contributed by atoms with E-state index in [2.05, 4.69) is 20.9 Å². The van der Waals surface area contributed by atoms with Gasteiger partial charge < -0.3 is 10.1 Å². The monoisotopic (exact) mass is 418 g/mol. The van der Waals surface area contributed by atoms with Crippen molar-refractivity contribution in [1.82, 2.24) is 9.88 Å². The summed E-state index contributed by atoms with van der Waals surface area (Å²) >= 11 is 3.34. The van der Waals surface area contributed by atoms with Gasteiger partial charge in [-0.1, -0.05) is 34.1 Å². The van der Waals surface area contributed by atoms with E-state index in [9.17, 15) is 14.3 Å². The van der Waals surface area contributed by atoms with Crippen LogP contribution in [-0.2, 0) is 6.54 Å². The Hall–Kier alpha value is -2.02. The van der Waals surface area contributed by atoms with Crippen LogP contribution >= 0.6 is 15.9 Å². The fourth-order valence-corrected chi connectivity index (χ4v) is 3.59. The topological polar surface area (TPSA) is 56.3 Å². The second-order valence-corrected chi connectivity index (χ2v) is 7.18. The summed E-state index contributed by atoms with van der Waals surface area (Å²) in [7, 11) is 0. The Bertz CT molecular complexity index is 939. The van der Waals surface area contributed by atoms with E-state index in [1.54, 1.807) is 17.0 Å². The van der Waals surface area contributed by atoms with Crippen molar-refractivity contribution in [3.8, 4) is 0 Å². The molecule has 0 atom stereocenters. The number of aliphatic hydroxyl groups is 1. The third kappa shape index (κ3) is 4.03. The first-order chi connectivity index (χ1) is 12.5. The van der Waals surface area contributed by atoms with Crippen LogP contribution in [0.4, 0.5) is 4.39 Å². The summed E-state index contributed by atoms with van der Waals surface area (Å²) in [5, 5.41) is 10.2. The van der Waals surface area contributed by atoms with Gasteiger partial charge in [0.1, 0.15) is 5.82 Å². The molecule has 3 rings (SSSR count). The van der Waals surface area contributed by atoms with Crippen LogP contribution in [0.25, 0.3) is 10.9 Å². The summed E-state index contributed by atoms with van der Waals surface area (Å²) in [6.07, 6.45) is 0. The average molecular weight is 419 g/mol. The van der Waals surface area contributed by atoms with Gasteiger partial charge in [0.2, 0.25) is 0 Å². The number of nitrogens with zero attached hydrogens (tertiary/aromatic N) is 1. The third-order valence-electron chi connectivity index (χ3n) is 4.36. The van der Waals surface area contributed by atoms with E-state index < -0.39 is 0 Å². The maximum atomic E-state index is 14.1. The fourth-order valence-electron chi connectivity index (χ4n) is 3.18. The molecule has 0 radical (unpaired) electrons. The van der Waals surface area contributed by atoms with Crippen LogP contribution in [0.5, 0.6) is 0 Å². The molecule has 0 amide bonds. The van der Waals surface area contributed by atoms with Crippen LogP contribution in [0.2, 0.25) is 0 Å². The predicted octanol–water partition coefficient (Wildman–Crippen LogP) is 4.06. The molecular weight excluding hydrogens is 399 g/mol.